The van der Waals surface area contributed by atoms with Gasteiger partial charge in [0.15, 0.2) is 0 Å². The number of aromatic nitrogens is 1. The van der Waals surface area contributed by atoms with Gasteiger partial charge in [0.25, 0.3) is 5.56 Å². The minimum absolute atomic E-state index is 0.0860. The topological polar surface area (TPSA) is 43.3 Å². The third-order valence-electron chi connectivity index (χ3n) is 3.24. The first kappa shape index (κ1) is 14.9. The molecule has 102 valence electrons. The van der Waals surface area contributed by atoms with Crippen LogP contribution in [0.5, 0.6) is 0 Å². The molecule has 1 N–H and O–H groups in total. The van der Waals surface area contributed by atoms with Crippen molar-refractivity contribution in [2.24, 2.45) is 0 Å². The Morgan fingerprint density at radius 2 is 2.17 bits per heavy atom. The summed E-state index contributed by atoms with van der Waals surface area (Å²) in [7, 11) is 1.65. The average Bonchev–Trinajstić information content (AvgIpc) is 2.37. The molecule has 0 aromatic carbocycles. The molecule has 0 aliphatic carbocycles. The largest absolute Gasteiger partial charge is 0.383 e. The number of ether oxygens (including phenoxy) is 1. The van der Waals surface area contributed by atoms with Crippen molar-refractivity contribution in [1.82, 2.24) is 9.88 Å². The van der Waals surface area contributed by atoms with Crippen molar-refractivity contribution in [3.63, 3.8) is 0 Å². The third kappa shape index (κ3) is 3.96. The summed E-state index contributed by atoms with van der Waals surface area (Å²) >= 11 is 0. The molecule has 0 bridgehead atoms. The van der Waals surface area contributed by atoms with Crippen molar-refractivity contribution in [3.05, 3.63) is 33.7 Å². The van der Waals surface area contributed by atoms with Gasteiger partial charge >= 0.3 is 0 Å². The maximum Gasteiger partial charge on any atom is 0.255 e. The first-order valence-electron chi connectivity index (χ1n) is 6.51. The monoisotopic (exact) mass is 252 g/mol. The molecule has 1 aromatic heterocycles. The van der Waals surface area contributed by atoms with Crippen molar-refractivity contribution in [1.29, 1.82) is 0 Å². The van der Waals surface area contributed by atoms with Crippen LogP contribution in [-0.4, -0.2) is 24.3 Å². The lowest BCUT2D eigenvalue weighted by Gasteiger charge is -2.14. The smallest absolute Gasteiger partial charge is 0.255 e. The van der Waals surface area contributed by atoms with Gasteiger partial charge < -0.3 is 14.6 Å². The molecule has 0 saturated carbocycles. The zero-order chi connectivity index (χ0) is 13.5. The summed E-state index contributed by atoms with van der Waals surface area (Å²) in [5.41, 5.74) is 1.88. The molecule has 1 heterocycles. The van der Waals surface area contributed by atoms with E-state index in [1.54, 1.807) is 11.7 Å². The lowest BCUT2D eigenvalue weighted by molar-refractivity contribution is 0.185. The second-order valence-corrected chi connectivity index (χ2v) is 4.64. The maximum atomic E-state index is 12.3. The van der Waals surface area contributed by atoms with Crippen molar-refractivity contribution in [3.8, 4) is 0 Å². The Morgan fingerprint density at radius 3 is 2.78 bits per heavy atom. The van der Waals surface area contributed by atoms with E-state index in [1.165, 1.54) is 0 Å². The van der Waals surface area contributed by atoms with Gasteiger partial charge in [-0.1, -0.05) is 13.0 Å². The molecule has 0 radical (unpaired) electrons. The SMILES string of the molecule is CCC(C)NCc1ccc(C)n(CCOC)c1=O. The van der Waals surface area contributed by atoms with Crippen LogP contribution >= 0.6 is 0 Å². The number of hydrogen-bond acceptors (Lipinski definition) is 3. The first-order chi connectivity index (χ1) is 8.60. The van der Waals surface area contributed by atoms with Crippen molar-refractivity contribution >= 4 is 0 Å². The van der Waals surface area contributed by atoms with Crippen LogP contribution < -0.4 is 10.9 Å². The van der Waals surface area contributed by atoms with E-state index in [0.29, 0.717) is 25.7 Å². The zero-order valence-corrected chi connectivity index (χ0v) is 11.8. The highest BCUT2D eigenvalue weighted by Gasteiger charge is 2.07. The van der Waals surface area contributed by atoms with Crippen LogP contribution in [0.2, 0.25) is 0 Å². The summed E-state index contributed by atoms with van der Waals surface area (Å²) in [6.07, 6.45) is 1.06. The minimum Gasteiger partial charge on any atom is -0.383 e. The van der Waals surface area contributed by atoms with Gasteiger partial charge in [-0.2, -0.15) is 0 Å². The Bertz CT molecular complexity index is 426. The fraction of sp³-hybridized carbons (Fsp3) is 0.643. The standard InChI is InChI=1S/C14H24N2O2/c1-5-11(2)15-10-13-7-6-12(3)16(14(13)17)8-9-18-4/h6-7,11,15H,5,8-10H2,1-4H3. The summed E-state index contributed by atoms with van der Waals surface area (Å²) in [4.78, 5) is 12.3. The van der Waals surface area contributed by atoms with Crippen LogP contribution in [0.1, 0.15) is 31.5 Å². The van der Waals surface area contributed by atoms with Crippen molar-refractivity contribution in [2.75, 3.05) is 13.7 Å². The van der Waals surface area contributed by atoms with E-state index in [2.05, 4.69) is 19.2 Å². The van der Waals surface area contributed by atoms with Crippen LogP contribution in [0, 0.1) is 6.92 Å². The molecular formula is C14H24N2O2. The summed E-state index contributed by atoms with van der Waals surface area (Å²) < 4.78 is 6.81. The van der Waals surface area contributed by atoms with Gasteiger partial charge in [-0.15, -0.1) is 0 Å². The number of nitrogens with zero attached hydrogens (tertiary/aromatic N) is 1. The molecule has 1 aromatic rings. The highest BCUT2D eigenvalue weighted by molar-refractivity contribution is 5.15. The summed E-state index contributed by atoms with van der Waals surface area (Å²) in [6.45, 7) is 7.99. The normalized spacial score (nSPS) is 12.7. The Hall–Kier alpha value is -1.13. The average molecular weight is 252 g/mol. The molecule has 18 heavy (non-hydrogen) atoms. The molecule has 0 fully saturated rings. The van der Waals surface area contributed by atoms with Gasteiger partial charge in [0.2, 0.25) is 0 Å². The molecule has 1 rings (SSSR count). The molecule has 0 amide bonds. The van der Waals surface area contributed by atoms with Crippen LogP contribution in [-0.2, 0) is 17.8 Å². The van der Waals surface area contributed by atoms with Gasteiger partial charge in [0, 0.05) is 37.5 Å². The van der Waals surface area contributed by atoms with Crippen molar-refractivity contribution in [2.45, 2.75) is 46.3 Å². The molecular weight excluding hydrogens is 228 g/mol. The van der Waals surface area contributed by atoms with E-state index >= 15 is 0 Å². The highest BCUT2D eigenvalue weighted by Crippen LogP contribution is 2.00. The number of hydrogen-bond donors (Lipinski definition) is 1. The Morgan fingerprint density at radius 1 is 1.44 bits per heavy atom. The molecule has 4 nitrogen and oxygen atoms in total. The summed E-state index contributed by atoms with van der Waals surface area (Å²) in [6, 6.07) is 4.33. The summed E-state index contributed by atoms with van der Waals surface area (Å²) in [5.74, 6) is 0. The lowest BCUT2D eigenvalue weighted by Crippen LogP contribution is -2.32. The number of aryl methyl sites for hydroxylation is 1. The van der Waals surface area contributed by atoms with E-state index in [1.807, 2.05) is 19.1 Å². The molecule has 0 saturated heterocycles. The highest BCUT2D eigenvalue weighted by atomic mass is 16.5. The van der Waals surface area contributed by atoms with E-state index < -0.39 is 0 Å². The Labute approximate surface area is 109 Å². The van der Waals surface area contributed by atoms with Crippen LogP contribution in [0.4, 0.5) is 0 Å². The third-order valence-corrected chi connectivity index (χ3v) is 3.24. The molecule has 0 aliphatic heterocycles. The second-order valence-electron chi connectivity index (χ2n) is 4.64. The molecule has 0 spiro atoms. The van der Waals surface area contributed by atoms with Gasteiger partial charge in [0.1, 0.15) is 0 Å². The molecule has 4 heteroatoms. The summed E-state index contributed by atoms with van der Waals surface area (Å²) in [5, 5.41) is 3.35. The van der Waals surface area contributed by atoms with Gasteiger partial charge in [0.05, 0.1) is 6.61 Å². The van der Waals surface area contributed by atoms with Crippen LogP contribution in [0.15, 0.2) is 16.9 Å². The minimum atomic E-state index is 0.0860. The van der Waals surface area contributed by atoms with Crippen LogP contribution in [0.3, 0.4) is 0 Å². The Kier molecular flexibility index (Phi) is 6.09. The first-order valence-corrected chi connectivity index (χ1v) is 6.51. The predicted molar refractivity (Wildman–Crippen MR) is 73.9 cm³/mol. The van der Waals surface area contributed by atoms with Crippen LogP contribution in [0.25, 0.3) is 0 Å². The number of nitrogens with one attached hydrogen (secondary N) is 1. The number of rotatable bonds is 7. The Balaban J connectivity index is 2.84. The molecule has 0 aliphatic rings. The van der Waals surface area contributed by atoms with E-state index in [9.17, 15) is 4.79 Å². The zero-order valence-electron chi connectivity index (χ0n) is 11.8. The van der Waals surface area contributed by atoms with Gasteiger partial charge in [-0.05, 0) is 26.3 Å². The van der Waals surface area contributed by atoms with E-state index in [4.69, 9.17) is 4.74 Å². The van der Waals surface area contributed by atoms with Gasteiger partial charge in [-0.25, -0.2) is 0 Å². The maximum absolute atomic E-state index is 12.3. The fourth-order valence-electron chi connectivity index (χ4n) is 1.74. The van der Waals surface area contributed by atoms with Crippen molar-refractivity contribution < 1.29 is 4.74 Å². The molecule has 1 atom stereocenters. The number of pyridine rings is 1. The van der Waals surface area contributed by atoms with Gasteiger partial charge in [-0.3, -0.25) is 4.79 Å². The van der Waals surface area contributed by atoms with E-state index in [-0.39, 0.29) is 5.56 Å². The quantitative estimate of drug-likeness (QED) is 0.803. The van der Waals surface area contributed by atoms with E-state index in [0.717, 1.165) is 17.7 Å². The molecule has 1 unspecified atom stereocenters. The fourth-order valence-corrected chi connectivity index (χ4v) is 1.74. The predicted octanol–water partition coefficient (Wildman–Crippen LogP) is 1.69. The lowest BCUT2D eigenvalue weighted by atomic mass is 10.2. The second kappa shape index (κ2) is 7.34. The number of methoxy groups -OCH3 is 1.